The van der Waals surface area contributed by atoms with E-state index in [1.165, 1.54) is 16.7 Å². The molecule has 2 atom stereocenters. The van der Waals surface area contributed by atoms with Crippen LogP contribution in [0, 0.1) is 19.3 Å². The van der Waals surface area contributed by atoms with Crippen molar-refractivity contribution in [3.05, 3.63) is 70.3 Å². The van der Waals surface area contributed by atoms with Crippen molar-refractivity contribution in [1.29, 1.82) is 0 Å². The highest BCUT2D eigenvalue weighted by Crippen LogP contribution is 2.41. The summed E-state index contributed by atoms with van der Waals surface area (Å²) in [6.07, 6.45) is 4.45. The monoisotopic (exact) mass is 454 g/mol. The van der Waals surface area contributed by atoms with Gasteiger partial charge in [0, 0.05) is 5.41 Å². The van der Waals surface area contributed by atoms with E-state index in [-0.39, 0.29) is 24.0 Å². The van der Waals surface area contributed by atoms with E-state index >= 15 is 0 Å². The minimum Gasteiger partial charge on any atom is -0.491 e. The molecule has 0 spiro atoms. The quantitative estimate of drug-likeness (QED) is 0.439. The number of ether oxygens (including phenoxy) is 1. The third kappa shape index (κ3) is 6.47. The van der Waals surface area contributed by atoms with Crippen LogP contribution in [0.5, 0.6) is 5.75 Å². The first-order valence-corrected chi connectivity index (χ1v) is 12.0. The van der Waals surface area contributed by atoms with Crippen molar-refractivity contribution in [3.63, 3.8) is 0 Å². The second-order valence-corrected chi connectivity index (χ2v) is 10.2. The molecule has 0 heterocycles. The molecule has 0 bridgehead atoms. The summed E-state index contributed by atoms with van der Waals surface area (Å²) in [7, 11) is 0. The van der Waals surface area contributed by atoms with Crippen LogP contribution in [0.15, 0.2) is 42.5 Å². The molecule has 0 radical (unpaired) electrons. The van der Waals surface area contributed by atoms with Gasteiger partial charge in [-0.1, -0.05) is 77.1 Å². The molecule has 0 aliphatic carbocycles. The number of benzene rings is 2. The van der Waals surface area contributed by atoms with E-state index in [0.717, 1.165) is 29.7 Å². The Hall–Kier alpha value is -2.14. The number of hydrogen-bond donors (Lipinski definition) is 3. The molecule has 4 nitrogen and oxygen atoms in total. The molecule has 0 saturated heterocycles. The zero-order valence-electron chi connectivity index (χ0n) is 21.4. The van der Waals surface area contributed by atoms with E-state index in [4.69, 9.17) is 9.84 Å². The highest BCUT2D eigenvalue weighted by molar-refractivity contribution is 5.57. The van der Waals surface area contributed by atoms with Crippen LogP contribution in [-0.2, 0) is 5.41 Å². The molecule has 0 amide bonds. The van der Waals surface area contributed by atoms with Crippen molar-refractivity contribution in [2.45, 2.75) is 78.9 Å². The maximum absolute atomic E-state index is 10.4. The average molecular weight is 455 g/mol. The lowest BCUT2D eigenvalue weighted by Gasteiger charge is -2.34. The lowest BCUT2D eigenvalue weighted by Crippen LogP contribution is -2.26. The Morgan fingerprint density at radius 2 is 1.48 bits per heavy atom. The molecule has 2 aromatic rings. The summed E-state index contributed by atoms with van der Waals surface area (Å²) in [5.74, 6) is 0.724. The lowest BCUT2D eigenvalue weighted by atomic mass is 9.70. The van der Waals surface area contributed by atoms with E-state index in [2.05, 4.69) is 51.1 Å². The van der Waals surface area contributed by atoms with E-state index in [1.54, 1.807) is 0 Å². The molecule has 1 unspecified atom stereocenters. The van der Waals surface area contributed by atoms with Gasteiger partial charge in [-0.25, -0.2) is 0 Å². The number of rotatable bonds is 10. The van der Waals surface area contributed by atoms with E-state index in [1.807, 2.05) is 45.9 Å². The standard InChI is InChI=1S/C29H42O4/c1-8-29(9-2,24-13-14-26(21(4)17-24)33-19-25(31)18-30)23-12-10-22(20(3)16-23)11-15-27(32)28(5,6)7/h10-17,25,27,30-32H,8-9,18-19H2,1-7H3/t25-,27?/m1/s1. The predicted octanol–water partition coefficient (Wildman–Crippen LogP) is 5.56. The van der Waals surface area contributed by atoms with Gasteiger partial charge in [-0.3, -0.25) is 0 Å². The summed E-state index contributed by atoms with van der Waals surface area (Å²) in [5.41, 5.74) is 5.53. The van der Waals surface area contributed by atoms with Gasteiger partial charge in [-0.05, 0) is 66.0 Å². The SMILES string of the molecule is CCC(CC)(c1ccc(C=CC(O)C(C)(C)C)c(C)c1)c1ccc(OC[C@H](O)CO)c(C)c1. The van der Waals surface area contributed by atoms with Gasteiger partial charge < -0.3 is 20.1 Å². The molecule has 33 heavy (non-hydrogen) atoms. The van der Waals surface area contributed by atoms with E-state index in [0.29, 0.717) is 0 Å². The van der Waals surface area contributed by atoms with Crippen molar-refractivity contribution >= 4 is 6.08 Å². The molecular weight excluding hydrogens is 412 g/mol. The smallest absolute Gasteiger partial charge is 0.122 e. The summed E-state index contributed by atoms with van der Waals surface area (Å²) in [6, 6.07) is 12.9. The number of aliphatic hydroxyl groups is 3. The third-order valence-electron chi connectivity index (χ3n) is 6.74. The number of hydrogen-bond acceptors (Lipinski definition) is 4. The largest absolute Gasteiger partial charge is 0.491 e. The average Bonchev–Trinajstić information content (AvgIpc) is 2.78. The molecule has 4 heteroatoms. The first kappa shape index (κ1) is 27.1. The van der Waals surface area contributed by atoms with Crippen molar-refractivity contribution in [3.8, 4) is 5.75 Å². The predicted molar refractivity (Wildman–Crippen MR) is 137 cm³/mol. The lowest BCUT2D eigenvalue weighted by molar-refractivity contribution is 0.0534. The normalized spacial score (nSPS) is 14.5. The Balaban J connectivity index is 2.38. The van der Waals surface area contributed by atoms with Gasteiger partial charge in [0.15, 0.2) is 0 Å². The van der Waals surface area contributed by atoms with Crippen molar-refractivity contribution in [2.75, 3.05) is 13.2 Å². The number of aryl methyl sites for hydroxylation is 2. The first-order valence-electron chi connectivity index (χ1n) is 12.0. The van der Waals surface area contributed by atoms with Crippen LogP contribution in [0.25, 0.3) is 6.08 Å². The Labute approximate surface area is 199 Å². The molecule has 2 aromatic carbocycles. The molecule has 0 aliphatic rings. The van der Waals surface area contributed by atoms with Crippen LogP contribution in [-0.4, -0.2) is 40.7 Å². The van der Waals surface area contributed by atoms with Gasteiger partial charge in [0.1, 0.15) is 18.5 Å². The fraction of sp³-hybridized carbons (Fsp3) is 0.517. The fourth-order valence-electron chi connectivity index (χ4n) is 4.22. The maximum Gasteiger partial charge on any atom is 0.122 e. The molecule has 0 fully saturated rings. The van der Waals surface area contributed by atoms with Crippen LogP contribution in [0.2, 0.25) is 0 Å². The second-order valence-electron chi connectivity index (χ2n) is 10.2. The van der Waals surface area contributed by atoms with Crippen molar-refractivity contribution < 1.29 is 20.1 Å². The zero-order chi connectivity index (χ0) is 24.8. The summed E-state index contributed by atoms with van der Waals surface area (Å²) < 4.78 is 5.70. The minimum atomic E-state index is -0.880. The van der Waals surface area contributed by atoms with Gasteiger partial charge >= 0.3 is 0 Å². The van der Waals surface area contributed by atoms with Gasteiger partial charge in [0.2, 0.25) is 0 Å². The summed E-state index contributed by atoms with van der Waals surface area (Å²) in [6.45, 7) is 14.4. The first-order chi connectivity index (χ1) is 15.5. The Bertz CT molecular complexity index is 935. The summed E-state index contributed by atoms with van der Waals surface area (Å²) >= 11 is 0. The van der Waals surface area contributed by atoms with Gasteiger partial charge in [0.25, 0.3) is 0 Å². The van der Waals surface area contributed by atoms with Crippen molar-refractivity contribution in [2.24, 2.45) is 5.41 Å². The van der Waals surface area contributed by atoms with Crippen LogP contribution in [0.3, 0.4) is 0 Å². The molecule has 2 rings (SSSR count). The minimum absolute atomic E-state index is 0.0709. The van der Waals surface area contributed by atoms with Gasteiger partial charge in [0.05, 0.1) is 12.7 Å². The van der Waals surface area contributed by atoms with E-state index < -0.39 is 12.2 Å². The molecule has 182 valence electrons. The van der Waals surface area contributed by atoms with Crippen LogP contribution < -0.4 is 4.74 Å². The molecule has 0 saturated carbocycles. The van der Waals surface area contributed by atoms with Crippen LogP contribution in [0.1, 0.15) is 75.3 Å². The molecule has 0 aromatic heterocycles. The van der Waals surface area contributed by atoms with Gasteiger partial charge in [-0.15, -0.1) is 0 Å². The zero-order valence-corrected chi connectivity index (χ0v) is 21.4. The topological polar surface area (TPSA) is 69.9 Å². The Kier molecular flexibility index (Phi) is 9.30. The maximum atomic E-state index is 10.4. The molecule has 3 N–H and O–H groups in total. The summed E-state index contributed by atoms with van der Waals surface area (Å²) in [5, 5.41) is 29.0. The molecular formula is C29H42O4. The molecule has 0 aliphatic heterocycles. The Morgan fingerprint density at radius 3 is 1.97 bits per heavy atom. The third-order valence-corrected chi connectivity index (χ3v) is 6.74. The van der Waals surface area contributed by atoms with Crippen LogP contribution >= 0.6 is 0 Å². The highest BCUT2D eigenvalue weighted by atomic mass is 16.5. The number of aliphatic hydroxyl groups excluding tert-OH is 3. The fourth-order valence-corrected chi connectivity index (χ4v) is 4.22. The summed E-state index contributed by atoms with van der Waals surface area (Å²) in [4.78, 5) is 0. The highest BCUT2D eigenvalue weighted by Gasteiger charge is 2.31. The Morgan fingerprint density at radius 1 is 0.909 bits per heavy atom. The van der Waals surface area contributed by atoms with Gasteiger partial charge in [-0.2, -0.15) is 0 Å². The van der Waals surface area contributed by atoms with E-state index in [9.17, 15) is 10.2 Å². The second kappa shape index (κ2) is 11.3. The van der Waals surface area contributed by atoms with Crippen molar-refractivity contribution in [1.82, 2.24) is 0 Å². The van der Waals surface area contributed by atoms with Crippen LogP contribution in [0.4, 0.5) is 0 Å².